The number of hydrogen-bond acceptors (Lipinski definition) is 4. The van der Waals surface area contributed by atoms with Crippen molar-refractivity contribution in [3.63, 3.8) is 0 Å². The molecule has 0 radical (unpaired) electrons. The van der Waals surface area contributed by atoms with Gasteiger partial charge in [0.05, 0.1) is 17.5 Å². The van der Waals surface area contributed by atoms with Crippen LogP contribution < -0.4 is 5.73 Å². The minimum atomic E-state index is 0.460. The monoisotopic (exact) mass is 230 g/mol. The van der Waals surface area contributed by atoms with Crippen LogP contribution in [0.4, 0.5) is 0 Å². The number of rotatable bonds is 2. The number of nitrogens with zero attached hydrogens (tertiary/aromatic N) is 1. The highest BCUT2D eigenvalue weighted by Gasteiger charge is 2.10. The van der Waals surface area contributed by atoms with Crippen LogP contribution in [0.3, 0.4) is 0 Å². The van der Waals surface area contributed by atoms with Gasteiger partial charge in [-0.1, -0.05) is 6.07 Å². The standard InChI is InChI=1S/C12H10N2OS/c1-8-5-9(7-15-8)12(14)10(6-13)11-3-2-4-16-11/h2-5,7H,14H2,1H3/b12-10+. The third-order valence-corrected chi connectivity index (χ3v) is 3.08. The van der Waals surface area contributed by atoms with Gasteiger partial charge in [-0.3, -0.25) is 0 Å². The Morgan fingerprint density at radius 2 is 2.38 bits per heavy atom. The molecule has 0 fully saturated rings. The Hall–Kier alpha value is -1.99. The van der Waals surface area contributed by atoms with Crippen molar-refractivity contribution in [3.05, 3.63) is 46.0 Å². The molecule has 0 bridgehead atoms. The number of nitrogens with two attached hydrogens (primary N) is 1. The van der Waals surface area contributed by atoms with Crippen LogP contribution in [0.1, 0.15) is 16.2 Å². The number of hydrogen-bond donors (Lipinski definition) is 1. The molecular formula is C12H10N2OS. The van der Waals surface area contributed by atoms with Crippen molar-refractivity contribution in [2.45, 2.75) is 6.92 Å². The van der Waals surface area contributed by atoms with E-state index < -0.39 is 0 Å². The molecule has 0 saturated heterocycles. The minimum absolute atomic E-state index is 0.460. The van der Waals surface area contributed by atoms with E-state index in [0.717, 1.165) is 16.2 Å². The van der Waals surface area contributed by atoms with Crippen molar-refractivity contribution in [2.75, 3.05) is 0 Å². The molecule has 0 aliphatic carbocycles. The number of allylic oxidation sites excluding steroid dienone is 1. The van der Waals surface area contributed by atoms with Crippen LogP contribution in [0.25, 0.3) is 11.3 Å². The number of thiophene rings is 1. The average molecular weight is 230 g/mol. The summed E-state index contributed by atoms with van der Waals surface area (Å²) >= 11 is 1.49. The molecule has 0 unspecified atom stereocenters. The Balaban J connectivity index is 2.51. The van der Waals surface area contributed by atoms with Gasteiger partial charge in [0.2, 0.25) is 0 Å². The van der Waals surface area contributed by atoms with E-state index in [0.29, 0.717) is 11.3 Å². The fourth-order valence-electron chi connectivity index (χ4n) is 1.40. The molecule has 2 aromatic rings. The van der Waals surface area contributed by atoms with Gasteiger partial charge < -0.3 is 10.2 Å². The molecule has 0 aromatic carbocycles. The molecule has 0 saturated carbocycles. The van der Waals surface area contributed by atoms with Crippen LogP contribution in [-0.4, -0.2) is 0 Å². The second-order valence-corrected chi connectivity index (χ2v) is 4.27. The molecule has 0 aliphatic heterocycles. The van der Waals surface area contributed by atoms with Gasteiger partial charge in [-0.15, -0.1) is 11.3 Å². The van der Waals surface area contributed by atoms with Crippen LogP contribution in [0.2, 0.25) is 0 Å². The number of nitriles is 1. The van der Waals surface area contributed by atoms with Crippen molar-refractivity contribution in [1.29, 1.82) is 5.26 Å². The van der Waals surface area contributed by atoms with Gasteiger partial charge >= 0.3 is 0 Å². The normalized spacial score (nSPS) is 12.0. The zero-order valence-electron chi connectivity index (χ0n) is 8.73. The van der Waals surface area contributed by atoms with Crippen molar-refractivity contribution < 1.29 is 4.42 Å². The van der Waals surface area contributed by atoms with E-state index in [1.54, 1.807) is 6.26 Å². The first kappa shape index (κ1) is 10.5. The molecule has 0 amide bonds. The lowest BCUT2D eigenvalue weighted by atomic mass is 10.1. The summed E-state index contributed by atoms with van der Waals surface area (Å²) in [6.07, 6.45) is 1.57. The second-order valence-electron chi connectivity index (χ2n) is 3.32. The summed E-state index contributed by atoms with van der Waals surface area (Å²) in [5.41, 5.74) is 7.67. The lowest BCUT2D eigenvalue weighted by Crippen LogP contribution is -1.98. The van der Waals surface area contributed by atoms with Crippen LogP contribution in [0.5, 0.6) is 0 Å². The summed E-state index contributed by atoms with van der Waals surface area (Å²) < 4.78 is 5.18. The highest BCUT2D eigenvalue weighted by atomic mass is 32.1. The van der Waals surface area contributed by atoms with E-state index in [2.05, 4.69) is 6.07 Å². The van der Waals surface area contributed by atoms with E-state index >= 15 is 0 Å². The molecule has 3 nitrogen and oxygen atoms in total. The summed E-state index contributed by atoms with van der Waals surface area (Å²) in [5, 5.41) is 11.0. The van der Waals surface area contributed by atoms with Gasteiger partial charge in [0.15, 0.2) is 0 Å². The molecule has 2 rings (SSSR count). The van der Waals surface area contributed by atoms with Gasteiger partial charge in [-0.2, -0.15) is 5.26 Å². The Labute approximate surface area is 97.4 Å². The lowest BCUT2D eigenvalue weighted by molar-refractivity contribution is 0.533. The molecule has 16 heavy (non-hydrogen) atoms. The Morgan fingerprint density at radius 1 is 1.56 bits per heavy atom. The summed E-state index contributed by atoms with van der Waals surface area (Å²) in [6.45, 7) is 1.84. The summed E-state index contributed by atoms with van der Waals surface area (Å²) in [5.74, 6) is 0.779. The highest BCUT2D eigenvalue weighted by Crippen LogP contribution is 2.26. The van der Waals surface area contributed by atoms with Crippen molar-refractivity contribution in [3.8, 4) is 6.07 Å². The fourth-order valence-corrected chi connectivity index (χ4v) is 2.13. The largest absolute Gasteiger partial charge is 0.469 e. The van der Waals surface area contributed by atoms with E-state index in [1.165, 1.54) is 11.3 Å². The van der Waals surface area contributed by atoms with Gasteiger partial charge in [0.1, 0.15) is 11.8 Å². The third kappa shape index (κ3) is 1.86. The molecule has 0 atom stereocenters. The fraction of sp³-hybridized carbons (Fsp3) is 0.0833. The first-order valence-electron chi connectivity index (χ1n) is 4.71. The number of aryl methyl sites for hydroxylation is 1. The summed E-state index contributed by atoms with van der Waals surface area (Å²) in [7, 11) is 0. The SMILES string of the molecule is Cc1cc(/C(N)=C(/C#N)c2cccs2)co1. The highest BCUT2D eigenvalue weighted by molar-refractivity contribution is 7.11. The first-order chi connectivity index (χ1) is 7.72. The van der Waals surface area contributed by atoms with Crippen molar-refractivity contribution >= 4 is 22.6 Å². The zero-order chi connectivity index (χ0) is 11.5. The Kier molecular flexibility index (Phi) is 2.80. The summed E-state index contributed by atoms with van der Waals surface area (Å²) in [6, 6.07) is 7.73. The summed E-state index contributed by atoms with van der Waals surface area (Å²) in [4.78, 5) is 0.874. The Bertz CT molecular complexity index is 558. The molecule has 2 heterocycles. The molecule has 0 spiro atoms. The van der Waals surface area contributed by atoms with E-state index in [-0.39, 0.29) is 0 Å². The van der Waals surface area contributed by atoms with E-state index in [4.69, 9.17) is 15.4 Å². The van der Waals surface area contributed by atoms with E-state index in [9.17, 15) is 0 Å². The molecule has 80 valence electrons. The molecule has 2 N–H and O–H groups in total. The predicted octanol–water partition coefficient (Wildman–Crippen LogP) is 3.00. The minimum Gasteiger partial charge on any atom is -0.469 e. The third-order valence-electron chi connectivity index (χ3n) is 2.19. The van der Waals surface area contributed by atoms with Gasteiger partial charge in [-0.05, 0) is 24.4 Å². The maximum absolute atomic E-state index is 9.12. The van der Waals surface area contributed by atoms with Crippen LogP contribution in [0.15, 0.2) is 34.3 Å². The maximum Gasteiger partial charge on any atom is 0.103 e. The van der Waals surface area contributed by atoms with Crippen LogP contribution in [-0.2, 0) is 0 Å². The zero-order valence-corrected chi connectivity index (χ0v) is 9.54. The van der Waals surface area contributed by atoms with Crippen LogP contribution >= 0.6 is 11.3 Å². The van der Waals surface area contributed by atoms with E-state index in [1.807, 2.05) is 30.5 Å². The van der Waals surface area contributed by atoms with Gasteiger partial charge in [0, 0.05) is 10.4 Å². The van der Waals surface area contributed by atoms with Gasteiger partial charge in [-0.25, -0.2) is 0 Å². The molecule has 0 aliphatic rings. The molecule has 4 heteroatoms. The first-order valence-corrected chi connectivity index (χ1v) is 5.59. The van der Waals surface area contributed by atoms with Crippen LogP contribution in [0, 0.1) is 18.3 Å². The quantitative estimate of drug-likeness (QED) is 0.806. The average Bonchev–Trinajstić information content (AvgIpc) is 2.90. The van der Waals surface area contributed by atoms with Crippen molar-refractivity contribution in [1.82, 2.24) is 0 Å². The smallest absolute Gasteiger partial charge is 0.103 e. The predicted molar refractivity (Wildman–Crippen MR) is 64.4 cm³/mol. The Morgan fingerprint density at radius 3 is 2.88 bits per heavy atom. The number of furan rings is 1. The topological polar surface area (TPSA) is 63.0 Å². The lowest BCUT2D eigenvalue weighted by Gasteiger charge is -2.00. The maximum atomic E-state index is 9.12. The second kappa shape index (κ2) is 4.25. The van der Waals surface area contributed by atoms with Gasteiger partial charge in [0.25, 0.3) is 0 Å². The molecule has 2 aromatic heterocycles. The van der Waals surface area contributed by atoms with Crippen molar-refractivity contribution in [2.24, 2.45) is 5.73 Å². The molecular weight excluding hydrogens is 220 g/mol.